The van der Waals surface area contributed by atoms with Crippen LogP contribution >= 0.6 is 0 Å². The Morgan fingerprint density at radius 1 is 1.47 bits per heavy atom. The molecule has 15 heavy (non-hydrogen) atoms. The van der Waals surface area contributed by atoms with E-state index in [0.29, 0.717) is 13.2 Å². The standard InChI is InChI=1S/C10H17O5/c1-4-12-9(11)13-5-8-6-14-10(2,3)15-7-8/h4,8H,5-7H2,1-3H3. The second-order valence-electron chi connectivity index (χ2n) is 3.80. The van der Waals surface area contributed by atoms with Crippen LogP contribution in [0, 0.1) is 12.5 Å². The summed E-state index contributed by atoms with van der Waals surface area (Å²) in [6, 6.07) is 0. The molecule has 0 aromatic heterocycles. The second kappa shape index (κ2) is 5.32. The summed E-state index contributed by atoms with van der Waals surface area (Å²) in [5, 5.41) is 0. The molecule has 1 heterocycles. The van der Waals surface area contributed by atoms with Crippen LogP contribution in [0.1, 0.15) is 20.8 Å². The van der Waals surface area contributed by atoms with Crippen LogP contribution in [0.4, 0.5) is 4.79 Å². The lowest BCUT2D eigenvalue weighted by Gasteiger charge is -2.34. The minimum Gasteiger partial charge on any atom is -0.434 e. The molecular formula is C10H17O5. The highest BCUT2D eigenvalue weighted by atomic mass is 16.7. The van der Waals surface area contributed by atoms with Gasteiger partial charge in [0.1, 0.15) is 13.2 Å². The third kappa shape index (κ3) is 4.48. The zero-order chi connectivity index (χ0) is 11.3. The Kier molecular flexibility index (Phi) is 4.35. The SMILES string of the molecule is C[CH]OC(=O)OCC1COC(C)(C)OC1. The first kappa shape index (κ1) is 12.3. The predicted molar refractivity (Wildman–Crippen MR) is 51.9 cm³/mol. The van der Waals surface area contributed by atoms with E-state index in [1.807, 2.05) is 13.8 Å². The van der Waals surface area contributed by atoms with Crippen molar-refractivity contribution in [3.05, 3.63) is 6.61 Å². The van der Waals surface area contributed by atoms with Crippen LogP contribution < -0.4 is 0 Å². The van der Waals surface area contributed by atoms with Gasteiger partial charge in [-0.15, -0.1) is 0 Å². The van der Waals surface area contributed by atoms with Gasteiger partial charge in [0.25, 0.3) is 0 Å². The molecule has 5 heteroatoms. The molecule has 1 rings (SSSR count). The summed E-state index contributed by atoms with van der Waals surface area (Å²) in [4.78, 5) is 10.9. The number of hydrogen-bond donors (Lipinski definition) is 0. The van der Waals surface area contributed by atoms with Gasteiger partial charge in [-0.05, 0) is 20.8 Å². The zero-order valence-corrected chi connectivity index (χ0v) is 9.32. The Morgan fingerprint density at radius 3 is 2.60 bits per heavy atom. The van der Waals surface area contributed by atoms with Crippen LogP contribution in [0.2, 0.25) is 0 Å². The summed E-state index contributed by atoms with van der Waals surface area (Å²) in [5.41, 5.74) is 0. The van der Waals surface area contributed by atoms with E-state index < -0.39 is 11.9 Å². The highest BCUT2D eigenvalue weighted by Crippen LogP contribution is 2.20. The van der Waals surface area contributed by atoms with Crippen LogP contribution in [0.25, 0.3) is 0 Å². The van der Waals surface area contributed by atoms with Crippen LogP contribution in [-0.2, 0) is 18.9 Å². The van der Waals surface area contributed by atoms with Crippen molar-refractivity contribution in [3.8, 4) is 0 Å². The highest BCUT2D eigenvalue weighted by Gasteiger charge is 2.28. The van der Waals surface area contributed by atoms with E-state index in [4.69, 9.17) is 14.2 Å². The number of ether oxygens (including phenoxy) is 4. The van der Waals surface area contributed by atoms with Crippen molar-refractivity contribution in [2.75, 3.05) is 19.8 Å². The smallest absolute Gasteiger partial charge is 0.434 e. The summed E-state index contributed by atoms with van der Waals surface area (Å²) >= 11 is 0. The quantitative estimate of drug-likeness (QED) is 0.674. The van der Waals surface area contributed by atoms with Crippen LogP contribution in [0.5, 0.6) is 0 Å². The van der Waals surface area contributed by atoms with Crippen molar-refractivity contribution in [2.24, 2.45) is 5.92 Å². The lowest BCUT2D eigenvalue weighted by Crippen LogP contribution is -2.41. The molecule has 0 aliphatic carbocycles. The second-order valence-corrected chi connectivity index (χ2v) is 3.80. The number of carbonyl (C=O) groups is 1. The first-order valence-electron chi connectivity index (χ1n) is 4.92. The van der Waals surface area contributed by atoms with E-state index in [-0.39, 0.29) is 12.5 Å². The molecule has 0 amide bonds. The van der Waals surface area contributed by atoms with Gasteiger partial charge >= 0.3 is 6.16 Å². The van der Waals surface area contributed by atoms with Gasteiger partial charge in [-0.3, -0.25) is 0 Å². The lowest BCUT2D eigenvalue weighted by molar-refractivity contribution is -0.265. The van der Waals surface area contributed by atoms with Crippen LogP contribution in [0.15, 0.2) is 0 Å². The Bertz CT molecular complexity index is 204. The predicted octanol–water partition coefficient (Wildman–Crippen LogP) is 1.72. The summed E-state index contributed by atoms with van der Waals surface area (Å²) in [6.07, 6.45) is -0.692. The molecule has 1 aliphatic heterocycles. The maximum Gasteiger partial charge on any atom is 0.508 e. The molecule has 1 radical (unpaired) electrons. The van der Waals surface area contributed by atoms with E-state index in [0.717, 1.165) is 0 Å². The highest BCUT2D eigenvalue weighted by molar-refractivity contribution is 5.60. The molecule has 1 saturated heterocycles. The van der Waals surface area contributed by atoms with Crippen molar-refractivity contribution < 1.29 is 23.7 Å². The fourth-order valence-electron chi connectivity index (χ4n) is 1.14. The summed E-state index contributed by atoms with van der Waals surface area (Å²) in [6.45, 7) is 7.89. The molecule has 0 unspecified atom stereocenters. The number of hydrogen-bond acceptors (Lipinski definition) is 5. The summed E-state index contributed by atoms with van der Waals surface area (Å²) in [5.74, 6) is -0.462. The van der Waals surface area contributed by atoms with Gasteiger partial charge in [0.05, 0.1) is 13.2 Å². The molecule has 0 N–H and O–H groups in total. The van der Waals surface area contributed by atoms with Gasteiger partial charge in [-0.25, -0.2) is 4.79 Å². The number of carbonyl (C=O) groups excluding carboxylic acids is 1. The third-order valence-corrected chi connectivity index (χ3v) is 1.98. The van der Waals surface area contributed by atoms with Crippen molar-refractivity contribution >= 4 is 6.16 Å². The molecule has 1 aliphatic rings. The van der Waals surface area contributed by atoms with Crippen molar-refractivity contribution in [3.63, 3.8) is 0 Å². The first-order valence-corrected chi connectivity index (χ1v) is 4.92. The fraction of sp³-hybridized carbons (Fsp3) is 0.800. The Labute approximate surface area is 89.6 Å². The Hall–Kier alpha value is -0.810. The number of rotatable bonds is 3. The van der Waals surface area contributed by atoms with Gasteiger partial charge < -0.3 is 18.9 Å². The minimum atomic E-state index is -0.692. The average Bonchev–Trinajstić information content (AvgIpc) is 2.17. The maximum absolute atomic E-state index is 10.9. The van der Waals surface area contributed by atoms with Crippen LogP contribution in [-0.4, -0.2) is 31.8 Å². The van der Waals surface area contributed by atoms with E-state index in [9.17, 15) is 4.79 Å². The van der Waals surface area contributed by atoms with E-state index in [1.54, 1.807) is 6.92 Å². The molecule has 0 spiro atoms. The Balaban J connectivity index is 2.16. The van der Waals surface area contributed by atoms with Crippen molar-refractivity contribution in [1.82, 2.24) is 0 Å². The molecule has 0 bridgehead atoms. The fourth-order valence-corrected chi connectivity index (χ4v) is 1.14. The molecule has 1 fully saturated rings. The van der Waals surface area contributed by atoms with E-state index >= 15 is 0 Å². The first-order chi connectivity index (χ1) is 7.03. The summed E-state index contributed by atoms with van der Waals surface area (Å²) in [7, 11) is 0. The van der Waals surface area contributed by atoms with Gasteiger partial charge in [-0.2, -0.15) is 0 Å². The van der Waals surface area contributed by atoms with Gasteiger partial charge in [-0.1, -0.05) is 0 Å². The van der Waals surface area contributed by atoms with Gasteiger partial charge in [0.2, 0.25) is 0 Å². The largest absolute Gasteiger partial charge is 0.508 e. The zero-order valence-electron chi connectivity index (χ0n) is 9.32. The van der Waals surface area contributed by atoms with Gasteiger partial charge in [0.15, 0.2) is 5.79 Å². The van der Waals surface area contributed by atoms with E-state index in [1.165, 1.54) is 6.61 Å². The maximum atomic E-state index is 10.9. The third-order valence-electron chi connectivity index (χ3n) is 1.98. The van der Waals surface area contributed by atoms with Gasteiger partial charge in [0, 0.05) is 5.92 Å². The van der Waals surface area contributed by atoms with Crippen molar-refractivity contribution in [1.29, 1.82) is 0 Å². The Morgan fingerprint density at radius 2 is 2.07 bits per heavy atom. The summed E-state index contributed by atoms with van der Waals surface area (Å²) < 4.78 is 20.2. The molecule has 0 atom stereocenters. The van der Waals surface area contributed by atoms with Crippen molar-refractivity contribution in [2.45, 2.75) is 26.6 Å². The molecule has 0 aromatic rings. The molecule has 87 valence electrons. The molecule has 0 aromatic carbocycles. The topological polar surface area (TPSA) is 54.0 Å². The monoisotopic (exact) mass is 217 g/mol. The average molecular weight is 217 g/mol. The van der Waals surface area contributed by atoms with E-state index in [2.05, 4.69) is 4.74 Å². The minimum absolute atomic E-state index is 0.0717. The molecule has 0 saturated carbocycles. The normalized spacial score (nSPS) is 21.0. The molecular weight excluding hydrogens is 200 g/mol. The molecule has 5 nitrogen and oxygen atoms in total. The lowest BCUT2D eigenvalue weighted by atomic mass is 10.1. The van der Waals surface area contributed by atoms with Crippen LogP contribution in [0.3, 0.4) is 0 Å².